The van der Waals surface area contributed by atoms with E-state index < -0.39 is 30.0 Å². The molecular weight excluding hydrogens is 372 g/mol. The molecule has 0 aliphatic carbocycles. The van der Waals surface area contributed by atoms with Crippen LogP contribution in [0.15, 0.2) is 54.6 Å². The van der Waals surface area contributed by atoms with Crippen molar-refractivity contribution >= 4 is 29.4 Å². The second-order valence-electron chi connectivity index (χ2n) is 5.60. The summed E-state index contributed by atoms with van der Waals surface area (Å²) in [5, 5.41) is 0.542. The van der Waals surface area contributed by atoms with Crippen LogP contribution in [0.2, 0.25) is 5.02 Å². The first kappa shape index (κ1) is 20.3. The smallest absolute Gasteiger partial charge is 0.347 e. The lowest BCUT2D eigenvalue weighted by molar-refractivity contribution is -0.161. The number of carbonyl (C=O) groups is 3. The van der Waals surface area contributed by atoms with Gasteiger partial charge < -0.3 is 9.47 Å². The fraction of sp³-hybridized carbons (Fsp3) is 0.211. The first-order chi connectivity index (χ1) is 12.9. The molecule has 2 amide bonds. The van der Waals surface area contributed by atoms with Gasteiger partial charge in [-0.25, -0.2) is 4.79 Å². The van der Waals surface area contributed by atoms with E-state index in [0.29, 0.717) is 16.3 Å². The minimum absolute atomic E-state index is 0.382. The molecule has 2 aromatic carbocycles. The van der Waals surface area contributed by atoms with Crippen molar-refractivity contribution < 1.29 is 23.9 Å². The van der Waals surface area contributed by atoms with Crippen LogP contribution in [-0.4, -0.2) is 30.0 Å². The molecule has 2 aromatic rings. The summed E-state index contributed by atoms with van der Waals surface area (Å²) < 4.78 is 10.5. The van der Waals surface area contributed by atoms with Crippen LogP contribution >= 0.6 is 11.6 Å². The van der Waals surface area contributed by atoms with E-state index in [2.05, 4.69) is 10.9 Å². The van der Waals surface area contributed by atoms with Crippen LogP contribution in [0.25, 0.3) is 0 Å². The van der Waals surface area contributed by atoms with Crippen LogP contribution in [0, 0.1) is 0 Å². The van der Waals surface area contributed by atoms with Crippen molar-refractivity contribution in [3.63, 3.8) is 0 Å². The standard InChI is InChI=1S/C19H19ClN2O5/c1-12(17(23)21-22-18(24)14-6-4-3-5-7-14)27-19(25)13(2)26-16-10-8-15(20)9-11-16/h3-13H,1-2H3,(H,21,23)(H,22,24)/t12-,13+/m1/s1. The van der Waals surface area contributed by atoms with E-state index in [4.69, 9.17) is 21.1 Å². The highest BCUT2D eigenvalue weighted by molar-refractivity contribution is 6.30. The Balaban J connectivity index is 1.79. The predicted octanol–water partition coefficient (Wildman–Crippen LogP) is 2.50. The number of rotatable bonds is 6. The van der Waals surface area contributed by atoms with Gasteiger partial charge in [0.2, 0.25) is 0 Å². The van der Waals surface area contributed by atoms with Gasteiger partial charge in [0, 0.05) is 10.6 Å². The van der Waals surface area contributed by atoms with Crippen LogP contribution in [0.5, 0.6) is 5.75 Å². The summed E-state index contributed by atoms with van der Waals surface area (Å²) >= 11 is 5.78. The Labute approximate surface area is 161 Å². The van der Waals surface area contributed by atoms with Crippen molar-refractivity contribution in [2.24, 2.45) is 0 Å². The zero-order valence-corrected chi connectivity index (χ0v) is 15.5. The number of amides is 2. The minimum Gasteiger partial charge on any atom is -0.479 e. The second kappa shape index (κ2) is 9.59. The average molecular weight is 391 g/mol. The summed E-state index contributed by atoms with van der Waals surface area (Å²) in [5.74, 6) is -1.44. The number of hydrogen-bond donors (Lipinski definition) is 2. The molecule has 27 heavy (non-hydrogen) atoms. The van der Waals surface area contributed by atoms with Crippen LogP contribution in [0.4, 0.5) is 0 Å². The van der Waals surface area contributed by atoms with E-state index in [9.17, 15) is 14.4 Å². The molecule has 0 bridgehead atoms. The number of esters is 1. The Morgan fingerprint density at radius 1 is 0.889 bits per heavy atom. The molecule has 0 unspecified atom stereocenters. The molecule has 0 aliphatic heterocycles. The van der Waals surface area contributed by atoms with Gasteiger partial charge in [-0.1, -0.05) is 29.8 Å². The first-order valence-electron chi connectivity index (χ1n) is 8.15. The third-order valence-corrected chi connectivity index (χ3v) is 3.71. The molecule has 8 heteroatoms. The van der Waals surface area contributed by atoms with E-state index in [0.717, 1.165) is 0 Å². The zero-order chi connectivity index (χ0) is 19.8. The Morgan fingerprint density at radius 2 is 1.52 bits per heavy atom. The fourth-order valence-corrected chi connectivity index (χ4v) is 2.10. The summed E-state index contributed by atoms with van der Waals surface area (Å²) in [6.45, 7) is 2.88. The van der Waals surface area contributed by atoms with Crippen molar-refractivity contribution in [3.8, 4) is 5.75 Å². The molecule has 2 N–H and O–H groups in total. The summed E-state index contributed by atoms with van der Waals surface area (Å²) in [6.07, 6.45) is -2.05. The molecule has 7 nitrogen and oxygen atoms in total. The van der Waals surface area contributed by atoms with Gasteiger partial charge in [-0.05, 0) is 50.2 Å². The molecule has 0 aliphatic rings. The molecule has 0 radical (unpaired) electrons. The van der Waals surface area contributed by atoms with Gasteiger partial charge in [0.15, 0.2) is 12.2 Å². The van der Waals surface area contributed by atoms with E-state index in [-0.39, 0.29) is 0 Å². The molecule has 2 atom stereocenters. The third-order valence-electron chi connectivity index (χ3n) is 3.46. The van der Waals surface area contributed by atoms with Crippen LogP contribution in [-0.2, 0) is 14.3 Å². The summed E-state index contributed by atoms with van der Waals surface area (Å²) in [7, 11) is 0. The predicted molar refractivity (Wildman–Crippen MR) is 99.1 cm³/mol. The molecule has 0 aromatic heterocycles. The number of hydrazine groups is 1. The number of benzene rings is 2. The molecule has 0 saturated carbocycles. The van der Waals surface area contributed by atoms with Crippen LogP contribution in [0.1, 0.15) is 24.2 Å². The van der Waals surface area contributed by atoms with Crippen LogP contribution in [0.3, 0.4) is 0 Å². The Bertz CT molecular complexity index is 796. The van der Waals surface area contributed by atoms with Gasteiger partial charge in [0.1, 0.15) is 5.75 Å². The Hall–Kier alpha value is -3.06. The topological polar surface area (TPSA) is 93.7 Å². The highest BCUT2D eigenvalue weighted by Crippen LogP contribution is 2.17. The molecule has 142 valence electrons. The maximum atomic E-state index is 12.0. The van der Waals surface area contributed by atoms with Gasteiger partial charge >= 0.3 is 5.97 Å². The van der Waals surface area contributed by atoms with Crippen LogP contribution < -0.4 is 15.6 Å². The average Bonchev–Trinajstić information content (AvgIpc) is 2.68. The molecule has 2 rings (SSSR count). The lowest BCUT2D eigenvalue weighted by atomic mass is 10.2. The fourth-order valence-electron chi connectivity index (χ4n) is 1.97. The molecular formula is C19H19ClN2O5. The van der Waals surface area contributed by atoms with Crippen molar-refractivity contribution in [1.29, 1.82) is 0 Å². The quantitative estimate of drug-likeness (QED) is 0.584. The minimum atomic E-state index is -1.12. The normalized spacial score (nSPS) is 12.4. The van der Waals surface area contributed by atoms with Crippen molar-refractivity contribution in [1.82, 2.24) is 10.9 Å². The number of ether oxygens (including phenoxy) is 2. The van der Waals surface area contributed by atoms with E-state index in [1.54, 1.807) is 54.6 Å². The second-order valence-corrected chi connectivity index (χ2v) is 6.04. The number of nitrogens with one attached hydrogen (secondary N) is 2. The highest BCUT2D eigenvalue weighted by Gasteiger charge is 2.23. The number of halogens is 1. The van der Waals surface area contributed by atoms with Crippen molar-refractivity contribution in [2.75, 3.05) is 0 Å². The van der Waals surface area contributed by atoms with Crippen molar-refractivity contribution in [2.45, 2.75) is 26.1 Å². The summed E-state index contributed by atoms with van der Waals surface area (Å²) in [4.78, 5) is 35.9. The van der Waals surface area contributed by atoms with Gasteiger partial charge in [-0.2, -0.15) is 0 Å². The van der Waals surface area contributed by atoms with E-state index in [1.165, 1.54) is 13.8 Å². The lowest BCUT2D eigenvalue weighted by Gasteiger charge is -2.18. The van der Waals surface area contributed by atoms with Gasteiger partial charge in [-0.3, -0.25) is 20.4 Å². The maximum absolute atomic E-state index is 12.0. The number of carbonyl (C=O) groups excluding carboxylic acids is 3. The number of hydrogen-bond acceptors (Lipinski definition) is 5. The first-order valence-corrected chi connectivity index (χ1v) is 8.52. The molecule has 0 saturated heterocycles. The largest absolute Gasteiger partial charge is 0.479 e. The highest BCUT2D eigenvalue weighted by atomic mass is 35.5. The third kappa shape index (κ3) is 6.31. The van der Waals surface area contributed by atoms with Gasteiger partial charge in [-0.15, -0.1) is 0 Å². The van der Waals surface area contributed by atoms with Gasteiger partial charge in [0.05, 0.1) is 0 Å². The SMILES string of the molecule is C[C@H](Oc1ccc(Cl)cc1)C(=O)O[C@H](C)C(=O)NNC(=O)c1ccccc1. The summed E-state index contributed by atoms with van der Waals surface area (Å²) in [6, 6.07) is 14.8. The van der Waals surface area contributed by atoms with E-state index in [1.807, 2.05) is 0 Å². The molecule has 0 fully saturated rings. The molecule has 0 heterocycles. The Kier molecular flexibility index (Phi) is 7.19. The Morgan fingerprint density at radius 3 is 2.15 bits per heavy atom. The van der Waals surface area contributed by atoms with Crippen molar-refractivity contribution in [3.05, 3.63) is 65.2 Å². The monoisotopic (exact) mass is 390 g/mol. The van der Waals surface area contributed by atoms with Gasteiger partial charge in [0.25, 0.3) is 11.8 Å². The molecule has 0 spiro atoms. The lowest BCUT2D eigenvalue weighted by Crippen LogP contribution is -2.47. The maximum Gasteiger partial charge on any atom is 0.347 e. The van der Waals surface area contributed by atoms with E-state index >= 15 is 0 Å². The summed E-state index contributed by atoms with van der Waals surface area (Å²) in [5.41, 5.74) is 4.85. The zero-order valence-electron chi connectivity index (χ0n) is 14.8.